The first kappa shape index (κ1) is 13.7. The number of ether oxygens (including phenoxy) is 1. The molecule has 1 aliphatic rings. The van der Waals surface area contributed by atoms with Crippen LogP contribution in [0.4, 0.5) is 10.5 Å². The van der Waals surface area contributed by atoms with Crippen LogP contribution >= 0.6 is 27.5 Å². The van der Waals surface area contributed by atoms with Gasteiger partial charge >= 0.3 is 6.09 Å². The van der Waals surface area contributed by atoms with E-state index in [0.29, 0.717) is 11.6 Å². The molecule has 0 aliphatic carbocycles. The predicted octanol–water partition coefficient (Wildman–Crippen LogP) is 4.40. The number of carbonyl (C=O) groups is 1. The van der Waals surface area contributed by atoms with Crippen molar-refractivity contribution in [1.29, 1.82) is 0 Å². The lowest BCUT2D eigenvalue weighted by molar-refractivity contribution is 0.0584. The molecule has 0 radical (unpaired) electrons. The Bertz CT molecular complexity index is 496. The number of anilines is 1. The van der Waals surface area contributed by atoms with E-state index in [1.807, 2.05) is 26.8 Å². The number of halogens is 2. The first-order valence-corrected chi connectivity index (χ1v) is 6.93. The molecule has 1 heterocycles. The lowest BCUT2D eigenvalue weighted by Crippen LogP contribution is -2.35. The van der Waals surface area contributed by atoms with E-state index in [1.165, 1.54) is 0 Å². The van der Waals surface area contributed by atoms with Crippen molar-refractivity contribution in [1.82, 2.24) is 0 Å². The first-order valence-electron chi connectivity index (χ1n) is 5.76. The second-order valence-corrected chi connectivity index (χ2v) is 6.57. The van der Waals surface area contributed by atoms with Gasteiger partial charge in [0, 0.05) is 16.0 Å². The number of hydrogen-bond donors (Lipinski definition) is 0. The van der Waals surface area contributed by atoms with Crippen LogP contribution in [0.1, 0.15) is 26.3 Å². The summed E-state index contributed by atoms with van der Waals surface area (Å²) in [5.41, 5.74) is 1.45. The van der Waals surface area contributed by atoms with E-state index in [-0.39, 0.29) is 6.09 Å². The Morgan fingerprint density at radius 3 is 2.72 bits per heavy atom. The topological polar surface area (TPSA) is 29.5 Å². The van der Waals surface area contributed by atoms with Gasteiger partial charge < -0.3 is 4.74 Å². The second-order valence-electron chi connectivity index (χ2n) is 5.28. The van der Waals surface area contributed by atoms with Crippen LogP contribution in [0.15, 0.2) is 16.6 Å². The fraction of sp³-hybridized carbons (Fsp3) is 0.462. The highest BCUT2D eigenvalue weighted by molar-refractivity contribution is 9.10. The Morgan fingerprint density at radius 1 is 1.44 bits per heavy atom. The third-order valence-electron chi connectivity index (χ3n) is 2.60. The molecular formula is C13H15BrClNO2. The molecule has 5 heteroatoms. The standard InChI is InChI=1S/C13H15BrClNO2/c1-13(2,3)18-12(17)16-5-4-8-6-9(15)7-10(14)11(8)16/h6-7H,4-5H2,1-3H3. The van der Waals surface area contributed by atoms with Crippen LogP contribution in [0.2, 0.25) is 5.02 Å². The SMILES string of the molecule is CC(C)(C)OC(=O)N1CCc2cc(Cl)cc(Br)c21. The van der Waals surface area contributed by atoms with E-state index in [1.54, 1.807) is 11.0 Å². The maximum Gasteiger partial charge on any atom is 0.414 e. The van der Waals surface area contributed by atoms with Crippen LogP contribution in [-0.4, -0.2) is 18.2 Å². The summed E-state index contributed by atoms with van der Waals surface area (Å²) < 4.78 is 6.22. The second kappa shape index (κ2) is 4.74. The van der Waals surface area contributed by atoms with Crippen molar-refractivity contribution in [2.24, 2.45) is 0 Å². The lowest BCUT2D eigenvalue weighted by atomic mass is 10.2. The van der Waals surface area contributed by atoms with Crippen LogP contribution in [0, 0.1) is 0 Å². The van der Waals surface area contributed by atoms with Gasteiger partial charge in [0.1, 0.15) is 5.60 Å². The van der Waals surface area contributed by atoms with Crippen molar-refractivity contribution in [2.75, 3.05) is 11.4 Å². The molecule has 98 valence electrons. The summed E-state index contributed by atoms with van der Waals surface area (Å²) in [6, 6.07) is 3.69. The highest BCUT2D eigenvalue weighted by Crippen LogP contribution is 2.38. The van der Waals surface area contributed by atoms with Crippen molar-refractivity contribution in [2.45, 2.75) is 32.8 Å². The quantitative estimate of drug-likeness (QED) is 0.704. The maximum absolute atomic E-state index is 12.1. The normalized spacial score (nSPS) is 14.6. The molecule has 0 spiro atoms. The Balaban J connectivity index is 2.29. The minimum Gasteiger partial charge on any atom is -0.443 e. The molecule has 3 nitrogen and oxygen atoms in total. The summed E-state index contributed by atoms with van der Waals surface area (Å²) in [6.45, 7) is 6.21. The van der Waals surface area contributed by atoms with Crippen molar-refractivity contribution < 1.29 is 9.53 Å². The Hall–Kier alpha value is -0.740. The van der Waals surface area contributed by atoms with Crippen molar-refractivity contribution in [3.8, 4) is 0 Å². The zero-order valence-electron chi connectivity index (χ0n) is 10.6. The molecular weight excluding hydrogens is 318 g/mol. The monoisotopic (exact) mass is 331 g/mol. The first-order chi connectivity index (χ1) is 8.28. The molecule has 0 atom stereocenters. The molecule has 1 amide bonds. The summed E-state index contributed by atoms with van der Waals surface area (Å²) in [6.07, 6.45) is 0.484. The average Bonchev–Trinajstić information content (AvgIpc) is 2.58. The Kier molecular flexibility index (Phi) is 3.60. The zero-order valence-corrected chi connectivity index (χ0v) is 12.9. The van der Waals surface area contributed by atoms with E-state index in [9.17, 15) is 4.79 Å². The number of nitrogens with zero attached hydrogens (tertiary/aromatic N) is 1. The Labute approximate surface area is 120 Å². The third-order valence-corrected chi connectivity index (χ3v) is 3.42. The summed E-state index contributed by atoms with van der Waals surface area (Å²) >= 11 is 9.45. The van der Waals surface area contributed by atoms with E-state index < -0.39 is 5.60 Å². The van der Waals surface area contributed by atoms with Crippen LogP contribution in [0.25, 0.3) is 0 Å². The van der Waals surface area contributed by atoms with Gasteiger partial charge in [0.2, 0.25) is 0 Å². The summed E-state index contributed by atoms with van der Waals surface area (Å²) in [7, 11) is 0. The van der Waals surface area contributed by atoms with Gasteiger partial charge in [-0.2, -0.15) is 0 Å². The molecule has 0 bridgehead atoms. The molecule has 1 aromatic rings. The highest BCUT2D eigenvalue weighted by atomic mass is 79.9. The van der Waals surface area contributed by atoms with E-state index in [2.05, 4.69) is 15.9 Å². The van der Waals surface area contributed by atoms with Crippen LogP contribution in [-0.2, 0) is 11.2 Å². The van der Waals surface area contributed by atoms with Gasteiger partial charge in [-0.15, -0.1) is 0 Å². The summed E-state index contributed by atoms with van der Waals surface area (Å²) in [5.74, 6) is 0. The number of fused-ring (bicyclic) bond motifs is 1. The molecule has 2 rings (SSSR count). The Morgan fingerprint density at radius 2 is 2.11 bits per heavy atom. The molecule has 18 heavy (non-hydrogen) atoms. The average molecular weight is 333 g/mol. The van der Waals surface area contributed by atoms with Gasteiger partial charge in [-0.05, 0) is 60.8 Å². The minimum atomic E-state index is -0.487. The van der Waals surface area contributed by atoms with E-state index in [0.717, 1.165) is 22.1 Å². The molecule has 0 saturated heterocycles. The maximum atomic E-state index is 12.1. The minimum absolute atomic E-state index is 0.315. The van der Waals surface area contributed by atoms with Gasteiger partial charge in [-0.3, -0.25) is 4.90 Å². The number of hydrogen-bond acceptors (Lipinski definition) is 2. The van der Waals surface area contributed by atoms with E-state index >= 15 is 0 Å². The molecule has 1 aliphatic heterocycles. The van der Waals surface area contributed by atoms with Gasteiger partial charge in [0.05, 0.1) is 5.69 Å². The summed E-state index contributed by atoms with van der Waals surface area (Å²) in [4.78, 5) is 13.8. The fourth-order valence-electron chi connectivity index (χ4n) is 1.96. The van der Waals surface area contributed by atoms with Gasteiger partial charge in [-0.25, -0.2) is 4.79 Å². The molecule has 0 fully saturated rings. The van der Waals surface area contributed by atoms with E-state index in [4.69, 9.17) is 16.3 Å². The van der Waals surface area contributed by atoms with Crippen molar-refractivity contribution in [3.05, 3.63) is 27.2 Å². The molecule has 0 N–H and O–H groups in total. The predicted molar refractivity (Wildman–Crippen MR) is 76.4 cm³/mol. The van der Waals surface area contributed by atoms with Gasteiger partial charge in [-0.1, -0.05) is 11.6 Å². The fourth-order valence-corrected chi connectivity index (χ4v) is 3.04. The largest absolute Gasteiger partial charge is 0.443 e. The zero-order chi connectivity index (χ0) is 13.5. The number of benzene rings is 1. The molecule has 1 aromatic carbocycles. The van der Waals surface area contributed by atoms with Crippen molar-refractivity contribution >= 4 is 39.3 Å². The number of carbonyl (C=O) groups excluding carboxylic acids is 1. The number of amides is 1. The lowest BCUT2D eigenvalue weighted by Gasteiger charge is -2.25. The third kappa shape index (κ3) is 2.81. The molecule has 0 unspecified atom stereocenters. The molecule has 0 saturated carbocycles. The van der Waals surface area contributed by atoms with Crippen LogP contribution < -0.4 is 4.90 Å². The highest BCUT2D eigenvalue weighted by Gasteiger charge is 2.30. The molecule has 0 aromatic heterocycles. The van der Waals surface area contributed by atoms with Gasteiger partial charge in [0.15, 0.2) is 0 Å². The smallest absolute Gasteiger partial charge is 0.414 e. The van der Waals surface area contributed by atoms with Crippen LogP contribution in [0.5, 0.6) is 0 Å². The van der Waals surface area contributed by atoms with Crippen molar-refractivity contribution in [3.63, 3.8) is 0 Å². The summed E-state index contributed by atoms with van der Waals surface area (Å²) in [5, 5.41) is 0.673. The number of rotatable bonds is 0. The van der Waals surface area contributed by atoms with Crippen LogP contribution in [0.3, 0.4) is 0 Å². The van der Waals surface area contributed by atoms with Gasteiger partial charge in [0.25, 0.3) is 0 Å².